The summed E-state index contributed by atoms with van der Waals surface area (Å²) >= 11 is 0. The van der Waals surface area contributed by atoms with Crippen LogP contribution in [0, 0.1) is 11.2 Å². The van der Waals surface area contributed by atoms with Gasteiger partial charge in [-0.1, -0.05) is 0 Å². The first-order valence-corrected chi connectivity index (χ1v) is 5.96. The fourth-order valence-electron chi connectivity index (χ4n) is 1.48. The molecule has 0 saturated carbocycles. The molecule has 1 atom stereocenters. The Hall–Kier alpha value is -2.05. The van der Waals surface area contributed by atoms with E-state index in [9.17, 15) is 18.0 Å². The first kappa shape index (κ1) is 16.0. The molecule has 20 heavy (non-hydrogen) atoms. The van der Waals surface area contributed by atoms with E-state index >= 15 is 0 Å². The molecule has 0 aliphatic heterocycles. The van der Waals surface area contributed by atoms with Crippen molar-refractivity contribution in [1.82, 2.24) is 5.32 Å². The third-order valence-electron chi connectivity index (χ3n) is 2.54. The summed E-state index contributed by atoms with van der Waals surface area (Å²) in [4.78, 5) is 11.1. The van der Waals surface area contributed by atoms with E-state index in [-0.39, 0.29) is 6.54 Å². The van der Waals surface area contributed by atoms with Crippen molar-refractivity contribution in [3.05, 3.63) is 29.6 Å². The van der Waals surface area contributed by atoms with Crippen LogP contribution < -0.4 is 10.6 Å². The number of benzene rings is 1. The topological polar surface area (TPSA) is 65.0 Å². The van der Waals surface area contributed by atoms with Gasteiger partial charge in [0.1, 0.15) is 5.82 Å². The number of hydrogen-bond donors (Lipinski definition) is 3. The molecule has 0 saturated heterocycles. The lowest BCUT2D eigenvalue weighted by molar-refractivity contribution is -0.143. The van der Waals surface area contributed by atoms with Crippen molar-refractivity contribution in [3.8, 4) is 0 Å². The van der Waals surface area contributed by atoms with Gasteiger partial charge in [-0.15, -0.1) is 0 Å². The highest BCUT2D eigenvalue weighted by Crippen LogP contribution is 2.15. The molecule has 1 amide bonds. The molecule has 0 fully saturated rings. The molecule has 110 valence electrons. The van der Waals surface area contributed by atoms with Gasteiger partial charge >= 0.3 is 5.92 Å². The molecule has 4 nitrogen and oxygen atoms in total. The van der Waals surface area contributed by atoms with E-state index in [1.54, 1.807) is 6.92 Å². The van der Waals surface area contributed by atoms with E-state index in [4.69, 9.17) is 5.41 Å². The highest BCUT2D eigenvalue weighted by Gasteiger charge is 2.32. The maximum Gasteiger partial charge on any atom is 0.321 e. The fourth-order valence-corrected chi connectivity index (χ4v) is 1.48. The number of anilines is 1. The molecule has 1 aromatic rings. The number of halogens is 3. The summed E-state index contributed by atoms with van der Waals surface area (Å²) in [6, 6.07) is 3.30. The van der Waals surface area contributed by atoms with E-state index in [1.807, 2.05) is 0 Å². The molecule has 1 aromatic carbocycles. The lowest BCUT2D eigenvalue weighted by Gasteiger charge is -2.18. The van der Waals surface area contributed by atoms with Crippen LogP contribution in [0.25, 0.3) is 0 Å². The Bertz CT molecular complexity index is 500. The predicted octanol–water partition coefficient (Wildman–Crippen LogP) is 2.40. The Labute approximate surface area is 114 Å². The normalized spacial score (nSPS) is 12.7. The van der Waals surface area contributed by atoms with Gasteiger partial charge in [0.2, 0.25) is 0 Å². The SMILES string of the molecule is CC(CNc1ccc(F)cc1C=N)NC(=O)C(C)(F)F. The molecule has 7 heteroatoms. The molecular weight excluding hydrogens is 271 g/mol. The van der Waals surface area contributed by atoms with Gasteiger partial charge in [-0.3, -0.25) is 4.79 Å². The summed E-state index contributed by atoms with van der Waals surface area (Å²) in [6.07, 6.45) is 0.981. The van der Waals surface area contributed by atoms with Gasteiger partial charge < -0.3 is 16.0 Å². The van der Waals surface area contributed by atoms with Crippen LogP contribution in [-0.4, -0.2) is 30.6 Å². The van der Waals surface area contributed by atoms with Crippen LogP contribution in [0.5, 0.6) is 0 Å². The number of hydrogen-bond acceptors (Lipinski definition) is 3. The number of rotatable bonds is 6. The van der Waals surface area contributed by atoms with Crippen LogP contribution in [0.2, 0.25) is 0 Å². The fraction of sp³-hybridized carbons (Fsp3) is 0.385. The molecule has 0 aliphatic carbocycles. The number of carbonyl (C=O) groups is 1. The van der Waals surface area contributed by atoms with Crippen molar-refractivity contribution in [2.45, 2.75) is 25.8 Å². The van der Waals surface area contributed by atoms with Gasteiger partial charge in [0, 0.05) is 37.0 Å². The van der Waals surface area contributed by atoms with Crippen LogP contribution in [0.15, 0.2) is 18.2 Å². The Morgan fingerprint density at radius 3 is 2.70 bits per heavy atom. The molecule has 1 unspecified atom stereocenters. The molecule has 3 N–H and O–H groups in total. The summed E-state index contributed by atoms with van der Waals surface area (Å²) in [7, 11) is 0. The van der Waals surface area contributed by atoms with Crippen molar-refractivity contribution in [2.75, 3.05) is 11.9 Å². The minimum Gasteiger partial charge on any atom is -0.382 e. The van der Waals surface area contributed by atoms with Crippen LogP contribution in [0.1, 0.15) is 19.4 Å². The zero-order valence-corrected chi connectivity index (χ0v) is 11.1. The molecule has 0 spiro atoms. The number of nitrogens with one attached hydrogen (secondary N) is 3. The number of amides is 1. The second-order valence-corrected chi connectivity index (χ2v) is 4.52. The summed E-state index contributed by atoms with van der Waals surface area (Å²) in [5.74, 6) is -5.25. The first-order chi connectivity index (χ1) is 9.24. The quantitative estimate of drug-likeness (QED) is 0.703. The lowest BCUT2D eigenvalue weighted by Crippen LogP contribution is -2.45. The summed E-state index contributed by atoms with van der Waals surface area (Å²) in [5, 5.41) is 12.2. The predicted molar refractivity (Wildman–Crippen MR) is 71.0 cm³/mol. The maximum absolute atomic E-state index is 13.0. The third-order valence-corrected chi connectivity index (χ3v) is 2.54. The van der Waals surface area contributed by atoms with Crippen molar-refractivity contribution in [1.29, 1.82) is 5.41 Å². The van der Waals surface area contributed by atoms with Crippen LogP contribution in [0.4, 0.5) is 18.9 Å². The summed E-state index contributed by atoms with van der Waals surface area (Å²) in [6.45, 7) is 2.26. The zero-order chi connectivity index (χ0) is 15.3. The summed E-state index contributed by atoms with van der Waals surface area (Å²) in [5.41, 5.74) is 0.829. The van der Waals surface area contributed by atoms with Gasteiger partial charge in [0.05, 0.1) is 0 Å². The van der Waals surface area contributed by atoms with Crippen LogP contribution >= 0.6 is 0 Å². The first-order valence-electron chi connectivity index (χ1n) is 5.96. The second-order valence-electron chi connectivity index (χ2n) is 4.52. The van der Waals surface area contributed by atoms with Gasteiger partial charge in [0.15, 0.2) is 0 Å². The highest BCUT2D eigenvalue weighted by molar-refractivity contribution is 5.86. The number of alkyl halides is 2. The van der Waals surface area contributed by atoms with Crippen molar-refractivity contribution in [3.63, 3.8) is 0 Å². The van der Waals surface area contributed by atoms with Crippen LogP contribution in [0.3, 0.4) is 0 Å². The molecule has 0 aromatic heterocycles. The van der Waals surface area contributed by atoms with E-state index in [2.05, 4.69) is 10.6 Å². The number of carbonyl (C=O) groups excluding carboxylic acids is 1. The van der Waals surface area contributed by atoms with Gasteiger partial charge in [-0.2, -0.15) is 8.78 Å². The standard InChI is InChI=1S/C13H16F3N3O/c1-8(19-12(20)13(2,15)16)7-18-11-4-3-10(14)5-9(11)6-17/h3-6,8,17-18H,7H2,1-2H3,(H,19,20). The monoisotopic (exact) mass is 287 g/mol. The summed E-state index contributed by atoms with van der Waals surface area (Å²) < 4.78 is 38.4. The maximum atomic E-state index is 13.0. The molecule has 1 rings (SSSR count). The molecule has 0 heterocycles. The van der Waals surface area contributed by atoms with Gasteiger partial charge in [-0.25, -0.2) is 4.39 Å². The Morgan fingerprint density at radius 2 is 2.15 bits per heavy atom. The zero-order valence-electron chi connectivity index (χ0n) is 11.1. The van der Waals surface area contributed by atoms with Crippen molar-refractivity contribution >= 4 is 17.8 Å². The smallest absolute Gasteiger partial charge is 0.321 e. The van der Waals surface area contributed by atoms with E-state index in [1.165, 1.54) is 18.2 Å². The highest BCUT2D eigenvalue weighted by atomic mass is 19.3. The average molecular weight is 287 g/mol. The van der Waals surface area contributed by atoms with Gasteiger partial charge in [-0.05, 0) is 25.1 Å². The molecule has 0 radical (unpaired) electrons. The molecular formula is C13H16F3N3O. The van der Waals surface area contributed by atoms with Gasteiger partial charge in [0.25, 0.3) is 5.91 Å². The van der Waals surface area contributed by atoms with Crippen molar-refractivity contribution in [2.24, 2.45) is 0 Å². The Morgan fingerprint density at radius 1 is 1.50 bits per heavy atom. The second kappa shape index (κ2) is 6.40. The average Bonchev–Trinajstić information content (AvgIpc) is 2.35. The Kier molecular flexibility index (Phi) is 5.12. The van der Waals surface area contributed by atoms with E-state index in [0.29, 0.717) is 18.2 Å². The van der Waals surface area contributed by atoms with E-state index in [0.717, 1.165) is 6.21 Å². The van der Waals surface area contributed by atoms with Crippen LogP contribution in [-0.2, 0) is 4.79 Å². The largest absolute Gasteiger partial charge is 0.382 e. The van der Waals surface area contributed by atoms with Crippen molar-refractivity contribution < 1.29 is 18.0 Å². The lowest BCUT2D eigenvalue weighted by atomic mass is 10.1. The third kappa shape index (κ3) is 4.56. The molecule has 0 bridgehead atoms. The molecule has 0 aliphatic rings. The minimum absolute atomic E-state index is 0.175. The Balaban J connectivity index is 2.59. The van der Waals surface area contributed by atoms with E-state index < -0.39 is 23.7 Å². The minimum atomic E-state index is -3.43.